The third-order valence-electron chi connectivity index (χ3n) is 5.40. The van der Waals surface area contributed by atoms with E-state index in [0.717, 1.165) is 28.1 Å². The first-order valence-electron chi connectivity index (χ1n) is 9.97. The van der Waals surface area contributed by atoms with Gasteiger partial charge in [0.05, 0.1) is 11.8 Å². The molecule has 2 aromatic carbocycles. The molecule has 4 aromatic rings. The maximum Gasteiger partial charge on any atom is 0.196 e. The maximum atomic E-state index is 13.5. The number of benzene rings is 2. The Balaban J connectivity index is 1.66. The van der Waals surface area contributed by atoms with Crippen LogP contribution in [-0.4, -0.2) is 50.3 Å². The van der Waals surface area contributed by atoms with Gasteiger partial charge in [0.2, 0.25) is 0 Å². The molecule has 2 aromatic heterocycles. The smallest absolute Gasteiger partial charge is 0.196 e. The fourth-order valence-electron chi connectivity index (χ4n) is 3.55. The Kier molecular flexibility index (Phi) is 5.93. The molecular formula is C23H24FN5OS. The number of thioether (sulfide) groups is 1. The SMILES string of the molecule is Cc1[nH]c2ccccc2c1C(=O)CSc1nnc([C@H](C)N(C)C)n1-c1ccc(F)cc1. The van der Waals surface area contributed by atoms with E-state index in [2.05, 4.69) is 15.2 Å². The van der Waals surface area contributed by atoms with Crippen molar-refractivity contribution in [1.82, 2.24) is 24.6 Å². The summed E-state index contributed by atoms with van der Waals surface area (Å²) in [7, 11) is 3.93. The number of nitrogens with one attached hydrogen (secondary N) is 1. The van der Waals surface area contributed by atoms with Gasteiger partial charge in [-0.3, -0.25) is 14.3 Å². The third-order valence-corrected chi connectivity index (χ3v) is 6.33. The van der Waals surface area contributed by atoms with Crippen LogP contribution in [0.5, 0.6) is 0 Å². The summed E-state index contributed by atoms with van der Waals surface area (Å²) in [6, 6.07) is 14.0. The summed E-state index contributed by atoms with van der Waals surface area (Å²) in [5.41, 5.74) is 3.27. The normalized spacial score (nSPS) is 12.6. The van der Waals surface area contributed by atoms with Crippen molar-refractivity contribution in [3.63, 3.8) is 0 Å². The monoisotopic (exact) mass is 437 g/mol. The van der Waals surface area contributed by atoms with Crippen molar-refractivity contribution >= 4 is 28.4 Å². The number of nitrogens with zero attached hydrogens (tertiary/aromatic N) is 4. The molecule has 1 N–H and O–H groups in total. The summed E-state index contributed by atoms with van der Waals surface area (Å²) in [6.45, 7) is 3.94. The van der Waals surface area contributed by atoms with E-state index < -0.39 is 0 Å². The minimum absolute atomic E-state index is 0.0153. The molecule has 0 saturated carbocycles. The van der Waals surface area contributed by atoms with Crippen molar-refractivity contribution in [2.75, 3.05) is 19.8 Å². The number of para-hydroxylation sites is 1. The highest BCUT2D eigenvalue weighted by Crippen LogP contribution is 2.29. The van der Waals surface area contributed by atoms with Gasteiger partial charge in [0, 0.05) is 27.8 Å². The Morgan fingerprint density at radius 1 is 1.16 bits per heavy atom. The maximum absolute atomic E-state index is 13.5. The van der Waals surface area contributed by atoms with E-state index in [1.807, 2.05) is 61.7 Å². The van der Waals surface area contributed by atoms with Gasteiger partial charge in [-0.25, -0.2) is 4.39 Å². The number of halogens is 1. The van der Waals surface area contributed by atoms with Crippen LogP contribution in [0.2, 0.25) is 0 Å². The summed E-state index contributed by atoms with van der Waals surface area (Å²) in [5.74, 6) is 0.669. The van der Waals surface area contributed by atoms with Crippen LogP contribution < -0.4 is 0 Å². The molecule has 0 fully saturated rings. The highest BCUT2D eigenvalue weighted by molar-refractivity contribution is 7.99. The van der Waals surface area contributed by atoms with Crippen LogP contribution in [0.25, 0.3) is 16.6 Å². The van der Waals surface area contributed by atoms with Crippen LogP contribution in [0, 0.1) is 12.7 Å². The number of H-pyrrole nitrogens is 1. The lowest BCUT2D eigenvalue weighted by atomic mass is 10.1. The van der Waals surface area contributed by atoms with E-state index in [9.17, 15) is 9.18 Å². The van der Waals surface area contributed by atoms with Crippen LogP contribution in [0.4, 0.5) is 4.39 Å². The standard InChI is InChI=1S/C23H24FN5OS/c1-14-21(18-7-5-6-8-19(18)25-14)20(30)13-31-23-27-26-22(15(2)28(3)4)29(23)17-11-9-16(24)10-12-17/h5-12,15,25H,13H2,1-4H3/t15-/m0/s1. The molecule has 4 rings (SSSR count). The highest BCUT2D eigenvalue weighted by atomic mass is 32.2. The largest absolute Gasteiger partial charge is 0.358 e. The van der Waals surface area contributed by atoms with Gasteiger partial charge in [-0.15, -0.1) is 10.2 Å². The molecule has 2 heterocycles. The predicted molar refractivity (Wildman–Crippen MR) is 122 cm³/mol. The van der Waals surface area contributed by atoms with E-state index in [4.69, 9.17) is 0 Å². The minimum Gasteiger partial charge on any atom is -0.358 e. The number of carbonyl (C=O) groups excluding carboxylic acids is 1. The molecule has 31 heavy (non-hydrogen) atoms. The second-order valence-electron chi connectivity index (χ2n) is 7.67. The van der Waals surface area contributed by atoms with Crippen LogP contribution in [0.1, 0.15) is 34.8 Å². The Morgan fingerprint density at radius 2 is 1.87 bits per heavy atom. The summed E-state index contributed by atoms with van der Waals surface area (Å²) in [5, 5.41) is 10.3. The molecule has 6 nitrogen and oxygen atoms in total. The molecule has 0 unspecified atom stereocenters. The van der Waals surface area contributed by atoms with Crippen molar-refractivity contribution < 1.29 is 9.18 Å². The molecular weight excluding hydrogens is 413 g/mol. The number of aryl methyl sites for hydroxylation is 1. The van der Waals surface area contributed by atoms with Crippen molar-refractivity contribution in [2.45, 2.75) is 25.0 Å². The summed E-state index contributed by atoms with van der Waals surface area (Å²) >= 11 is 1.33. The first-order chi connectivity index (χ1) is 14.9. The summed E-state index contributed by atoms with van der Waals surface area (Å²) in [4.78, 5) is 18.4. The zero-order valence-corrected chi connectivity index (χ0v) is 18.7. The van der Waals surface area contributed by atoms with Gasteiger partial charge in [0.1, 0.15) is 5.82 Å². The van der Waals surface area contributed by atoms with Crippen LogP contribution in [-0.2, 0) is 0 Å². The third kappa shape index (κ3) is 4.13. The van der Waals surface area contributed by atoms with Gasteiger partial charge in [-0.1, -0.05) is 30.0 Å². The van der Waals surface area contributed by atoms with Crippen LogP contribution in [0.3, 0.4) is 0 Å². The number of Topliss-reactive ketones (excluding diaryl/α,β-unsaturated/α-hetero) is 1. The Labute approximate surface area is 184 Å². The first-order valence-corrected chi connectivity index (χ1v) is 11.0. The van der Waals surface area contributed by atoms with E-state index >= 15 is 0 Å². The zero-order valence-electron chi connectivity index (χ0n) is 17.9. The fourth-order valence-corrected chi connectivity index (χ4v) is 4.38. The number of aromatic amines is 1. The van der Waals surface area contributed by atoms with Crippen LogP contribution in [0.15, 0.2) is 53.7 Å². The van der Waals surface area contributed by atoms with E-state index in [-0.39, 0.29) is 23.4 Å². The number of aromatic nitrogens is 4. The number of carbonyl (C=O) groups is 1. The van der Waals surface area contributed by atoms with Crippen LogP contribution >= 0.6 is 11.8 Å². The Hall–Kier alpha value is -2.97. The molecule has 8 heteroatoms. The lowest BCUT2D eigenvalue weighted by molar-refractivity contribution is 0.102. The van der Waals surface area contributed by atoms with Gasteiger partial charge in [-0.2, -0.15) is 0 Å². The number of hydrogen-bond donors (Lipinski definition) is 1. The van der Waals surface area contributed by atoms with Crippen molar-refractivity contribution in [3.05, 3.63) is 71.4 Å². The number of ketones is 1. The van der Waals surface area contributed by atoms with Gasteiger partial charge in [-0.05, 0) is 58.3 Å². The molecule has 160 valence electrons. The Morgan fingerprint density at radius 3 is 2.58 bits per heavy atom. The van der Waals surface area contributed by atoms with Gasteiger partial charge in [0.15, 0.2) is 16.8 Å². The zero-order chi connectivity index (χ0) is 22.1. The molecule has 0 bridgehead atoms. The van der Waals surface area contributed by atoms with Gasteiger partial charge >= 0.3 is 0 Å². The average Bonchev–Trinajstić information content (AvgIpc) is 3.32. The minimum atomic E-state index is -0.307. The summed E-state index contributed by atoms with van der Waals surface area (Å²) in [6.07, 6.45) is 0. The van der Waals surface area contributed by atoms with Gasteiger partial charge in [0.25, 0.3) is 0 Å². The highest BCUT2D eigenvalue weighted by Gasteiger charge is 2.23. The van der Waals surface area contributed by atoms with E-state index in [0.29, 0.717) is 10.7 Å². The number of rotatable bonds is 7. The average molecular weight is 438 g/mol. The fraction of sp³-hybridized carbons (Fsp3) is 0.261. The lowest BCUT2D eigenvalue weighted by Gasteiger charge is -2.20. The van der Waals surface area contributed by atoms with E-state index in [1.165, 1.54) is 23.9 Å². The molecule has 1 atom stereocenters. The van der Waals surface area contributed by atoms with Crippen molar-refractivity contribution in [1.29, 1.82) is 0 Å². The Bertz CT molecular complexity index is 1230. The second-order valence-corrected chi connectivity index (χ2v) is 8.62. The molecule has 0 aliphatic rings. The molecule has 0 saturated heterocycles. The summed E-state index contributed by atoms with van der Waals surface area (Å²) < 4.78 is 15.4. The molecule has 0 amide bonds. The van der Waals surface area contributed by atoms with Crippen molar-refractivity contribution in [3.8, 4) is 5.69 Å². The number of hydrogen-bond acceptors (Lipinski definition) is 5. The molecule has 0 aliphatic heterocycles. The predicted octanol–water partition coefficient (Wildman–Crippen LogP) is 4.79. The van der Waals surface area contributed by atoms with Crippen molar-refractivity contribution in [2.24, 2.45) is 0 Å². The van der Waals surface area contributed by atoms with E-state index in [1.54, 1.807) is 12.1 Å². The molecule has 0 aliphatic carbocycles. The molecule has 0 radical (unpaired) electrons. The first kappa shape index (κ1) is 21.3. The topological polar surface area (TPSA) is 66.8 Å². The number of fused-ring (bicyclic) bond motifs is 1. The van der Waals surface area contributed by atoms with Gasteiger partial charge < -0.3 is 4.98 Å². The second kappa shape index (κ2) is 8.64. The quantitative estimate of drug-likeness (QED) is 0.332. The lowest BCUT2D eigenvalue weighted by Crippen LogP contribution is -2.20. The molecule has 0 spiro atoms.